The zero-order chi connectivity index (χ0) is 35.5. The van der Waals surface area contributed by atoms with Crippen molar-refractivity contribution in [2.45, 2.75) is 59.3 Å². The number of anilines is 1. The van der Waals surface area contributed by atoms with E-state index in [0.717, 1.165) is 73.1 Å². The smallest absolute Gasteiger partial charge is 0.251 e. The lowest BCUT2D eigenvalue weighted by atomic mass is 9.77. The Bertz CT molecular complexity index is 1670. The number of Topliss-reactive ketones (excluding diaryl/α,β-unsaturated/α-hetero) is 1. The van der Waals surface area contributed by atoms with E-state index in [-0.39, 0.29) is 29.9 Å². The average Bonchev–Trinajstić information content (AvgIpc) is 3.69. The van der Waals surface area contributed by atoms with Crippen molar-refractivity contribution in [3.8, 4) is 11.1 Å². The van der Waals surface area contributed by atoms with E-state index in [1.54, 1.807) is 0 Å². The van der Waals surface area contributed by atoms with Crippen LogP contribution in [0, 0.1) is 24.7 Å². The fourth-order valence-corrected chi connectivity index (χ4v) is 6.86. The second-order valence-corrected chi connectivity index (χ2v) is 13.5. The minimum absolute atomic E-state index is 0.0270. The number of nitrogens with two attached hydrogens (primary N) is 1. The molecule has 3 aromatic carbocycles. The van der Waals surface area contributed by atoms with Crippen LogP contribution in [0.25, 0.3) is 11.1 Å². The molecule has 1 aliphatic heterocycles. The van der Waals surface area contributed by atoms with Gasteiger partial charge in [-0.1, -0.05) is 44.2 Å². The number of azo groups is 1. The summed E-state index contributed by atoms with van der Waals surface area (Å²) in [7, 11) is 0. The minimum Gasteiger partial charge on any atom is -0.351 e. The number of rotatable bonds is 16. The van der Waals surface area contributed by atoms with E-state index in [0.29, 0.717) is 49.2 Å². The molecule has 264 valence electrons. The summed E-state index contributed by atoms with van der Waals surface area (Å²) in [5.74, 6) is 0.388. The van der Waals surface area contributed by atoms with Gasteiger partial charge in [-0.2, -0.15) is 5.11 Å². The lowest BCUT2D eigenvalue weighted by Crippen LogP contribution is -2.34. The van der Waals surface area contributed by atoms with Gasteiger partial charge in [0.05, 0.1) is 0 Å². The molecule has 0 radical (unpaired) electrons. The SMILES string of the molecule is CCN(CC)CCNC(=O)c1ccc(C)c(-c2ccc(C[C@H](CC(=O)C3CCC(CN)CC3)C(=O)Nc3ccc(C4=NCN=N4)cc3)cc2)c1. The van der Waals surface area contributed by atoms with E-state index in [1.807, 2.05) is 73.7 Å². The second kappa shape index (κ2) is 17.9. The van der Waals surface area contributed by atoms with Crippen molar-refractivity contribution in [1.82, 2.24) is 10.2 Å². The molecule has 4 N–H and O–H groups in total. The zero-order valence-electron chi connectivity index (χ0n) is 29.7. The fraction of sp³-hybridized carbons (Fsp3) is 0.450. The van der Waals surface area contributed by atoms with Crippen molar-refractivity contribution in [1.29, 1.82) is 0 Å². The number of hydrogen-bond acceptors (Lipinski definition) is 8. The molecule has 0 spiro atoms. The molecule has 1 aliphatic carbocycles. The number of amidine groups is 1. The summed E-state index contributed by atoms with van der Waals surface area (Å²) in [4.78, 5) is 46.8. The van der Waals surface area contributed by atoms with Gasteiger partial charge in [0.1, 0.15) is 5.78 Å². The van der Waals surface area contributed by atoms with Crippen LogP contribution < -0.4 is 16.4 Å². The number of aliphatic imine (C=N–C) groups is 1. The van der Waals surface area contributed by atoms with Crippen molar-refractivity contribution in [3.05, 3.63) is 89.0 Å². The molecular weight excluding hydrogens is 626 g/mol. The van der Waals surface area contributed by atoms with Gasteiger partial charge < -0.3 is 21.3 Å². The number of likely N-dealkylation sites (N-methyl/N-ethyl adjacent to an activating group) is 1. The fourth-order valence-electron chi connectivity index (χ4n) is 6.86. The van der Waals surface area contributed by atoms with Crippen molar-refractivity contribution < 1.29 is 14.4 Å². The van der Waals surface area contributed by atoms with Gasteiger partial charge in [0.2, 0.25) is 5.91 Å². The van der Waals surface area contributed by atoms with Gasteiger partial charge in [-0.3, -0.25) is 14.4 Å². The quantitative estimate of drug-likeness (QED) is 0.160. The Labute approximate surface area is 296 Å². The molecule has 2 aliphatic rings. The number of aryl methyl sites for hydroxylation is 1. The molecule has 5 rings (SSSR count). The Kier molecular flexibility index (Phi) is 13.2. The van der Waals surface area contributed by atoms with Gasteiger partial charge in [0.25, 0.3) is 5.91 Å². The predicted octanol–water partition coefficient (Wildman–Crippen LogP) is 6.43. The molecule has 10 nitrogen and oxygen atoms in total. The number of nitrogens with zero attached hydrogens (tertiary/aromatic N) is 4. The van der Waals surface area contributed by atoms with E-state index in [4.69, 9.17) is 5.73 Å². The number of hydrogen-bond donors (Lipinski definition) is 3. The Morgan fingerprint density at radius 3 is 2.26 bits per heavy atom. The van der Waals surface area contributed by atoms with E-state index in [2.05, 4.69) is 44.6 Å². The molecular formula is C40H51N7O3. The van der Waals surface area contributed by atoms with Gasteiger partial charge in [0, 0.05) is 48.2 Å². The first-order valence-electron chi connectivity index (χ1n) is 18.0. The molecule has 0 aromatic heterocycles. The van der Waals surface area contributed by atoms with Crippen molar-refractivity contribution >= 4 is 29.1 Å². The molecule has 0 saturated heterocycles. The molecule has 50 heavy (non-hydrogen) atoms. The van der Waals surface area contributed by atoms with E-state index in [1.165, 1.54) is 0 Å². The highest BCUT2D eigenvalue weighted by atomic mass is 16.2. The van der Waals surface area contributed by atoms with Gasteiger partial charge in [-0.05, 0) is 123 Å². The number of nitrogens with one attached hydrogen (secondary N) is 2. The van der Waals surface area contributed by atoms with Gasteiger partial charge >= 0.3 is 0 Å². The normalized spacial score (nSPS) is 17.7. The van der Waals surface area contributed by atoms with E-state index in [9.17, 15) is 14.4 Å². The summed E-state index contributed by atoms with van der Waals surface area (Å²) in [5, 5.41) is 14.0. The van der Waals surface area contributed by atoms with E-state index >= 15 is 0 Å². The largest absolute Gasteiger partial charge is 0.351 e. The number of carbonyl (C=O) groups is 3. The number of benzene rings is 3. The van der Waals surface area contributed by atoms with Crippen LogP contribution in [0.5, 0.6) is 0 Å². The maximum atomic E-state index is 13.8. The summed E-state index contributed by atoms with van der Waals surface area (Å²) in [6.07, 6.45) is 4.20. The summed E-state index contributed by atoms with van der Waals surface area (Å²) < 4.78 is 0. The molecule has 3 aromatic rings. The standard InChI is InChI=1S/C40H51N7O3/c1-4-47(5-2)21-20-42-39(49)33-11-6-27(3)36(23-33)30-12-7-28(8-13-30)22-34(24-37(48)31-14-9-29(25-41)10-15-31)40(50)45-35-18-16-32(17-19-35)38-43-26-44-46-38/h6-8,11-13,16-19,23,29,31,34H,4-5,9-10,14-15,20-22,24-26,41H2,1-3H3,(H,42,49)(H,45,50)/t29?,31?,34-/m1/s1. The Morgan fingerprint density at radius 2 is 1.62 bits per heavy atom. The van der Waals surface area contributed by atoms with Crippen LogP contribution in [-0.4, -0.2) is 67.7 Å². The molecule has 10 heteroatoms. The molecule has 1 atom stereocenters. The Balaban J connectivity index is 1.28. The van der Waals surface area contributed by atoms with Crippen LogP contribution >= 0.6 is 0 Å². The molecule has 0 bridgehead atoms. The topological polar surface area (TPSA) is 142 Å². The second-order valence-electron chi connectivity index (χ2n) is 13.5. The van der Waals surface area contributed by atoms with E-state index < -0.39 is 5.92 Å². The van der Waals surface area contributed by atoms with Crippen LogP contribution in [0.3, 0.4) is 0 Å². The van der Waals surface area contributed by atoms with Crippen LogP contribution in [0.1, 0.15) is 73.0 Å². The maximum absolute atomic E-state index is 13.8. The number of amides is 2. The number of carbonyl (C=O) groups excluding carboxylic acids is 3. The van der Waals surface area contributed by atoms with Crippen LogP contribution in [0.15, 0.2) is 82.0 Å². The first-order valence-corrected chi connectivity index (χ1v) is 18.0. The maximum Gasteiger partial charge on any atom is 0.251 e. The Hall–Kier alpha value is -4.54. The van der Waals surface area contributed by atoms with Crippen molar-refractivity contribution in [2.75, 3.05) is 44.7 Å². The summed E-state index contributed by atoms with van der Waals surface area (Å²) in [6, 6.07) is 21.3. The third-order valence-corrected chi connectivity index (χ3v) is 10.2. The van der Waals surface area contributed by atoms with Gasteiger partial charge in [-0.25, -0.2) is 4.99 Å². The van der Waals surface area contributed by atoms with Gasteiger partial charge in [-0.15, -0.1) is 5.11 Å². The van der Waals surface area contributed by atoms with Crippen LogP contribution in [-0.2, 0) is 16.0 Å². The molecule has 1 heterocycles. The summed E-state index contributed by atoms with van der Waals surface area (Å²) in [5.41, 5.74) is 12.0. The first-order chi connectivity index (χ1) is 24.3. The first kappa shape index (κ1) is 36.7. The molecule has 2 amide bonds. The zero-order valence-corrected chi connectivity index (χ0v) is 29.7. The Morgan fingerprint density at radius 1 is 0.920 bits per heavy atom. The monoisotopic (exact) mass is 677 g/mol. The third-order valence-electron chi connectivity index (χ3n) is 10.2. The summed E-state index contributed by atoms with van der Waals surface area (Å²) in [6.45, 7) is 10.6. The molecule has 1 fully saturated rings. The van der Waals surface area contributed by atoms with Crippen molar-refractivity contribution in [3.63, 3.8) is 0 Å². The lowest BCUT2D eigenvalue weighted by molar-refractivity contribution is -0.129. The molecule has 0 unspecified atom stereocenters. The van der Waals surface area contributed by atoms with Crippen molar-refractivity contribution in [2.24, 2.45) is 38.7 Å². The highest BCUT2D eigenvalue weighted by Gasteiger charge is 2.30. The lowest BCUT2D eigenvalue weighted by Gasteiger charge is -2.27. The minimum atomic E-state index is -0.529. The average molecular weight is 678 g/mol. The highest BCUT2D eigenvalue weighted by molar-refractivity contribution is 6.01. The van der Waals surface area contributed by atoms with Crippen LogP contribution in [0.2, 0.25) is 0 Å². The highest BCUT2D eigenvalue weighted by Crippen LogP contribution is 2.31. The van der Waals surface area contributed by atoms with Crippen LogP contribution in [0.4, 0.5) is 5.69 Å². The van der Waals surface area contributed by atoms with Gasteiger partial charge in [0.15, 0.2) is 12.5 Å². The number of ketones is 1. The predicted molar refractivity (Wildman–Crippen MR) is 199 cm³/mol. The molecule has 1 saturated carbocycles. The third kappa shape index (κ3) is 9.79. The summed E-state index contributed by atoms with van der Waals surface area (Å²) >= 11 is 0.